The molecule has 0 amide bonds. The largest absolute Gasteiger partial charge is 0.314 e. The molecular weight excluding hydrogens is 297 g/mol. The minimum atomic E-state index is -0.227. The summed E-state index contributed by atoms with van der Waals surface area (Å²) in [5.41, 5.74) is 2.85. The van der Waals surface area contributed by atoms with Crippen molar-refractivity contribution in [3.05, 3.63) is 64.8 Å². The lowest BCUT2D eigenvalue weighted by Crippen LogP contribution is -2.17. The van der Waals surface area contributed by atoms with Crippen molar-refractivity contribution in [2.75, 3.05) is 0 Å². The van der Waals surface area contributed by atoms with Crippen molar-refractivity contribution in [1.82, 2.24) is 9.55 Å². The van der Waals surface area contributed by atoms with Gasteiger partial charge in [0.15, 0.2) is 4.80 Å². The molecule has 112 valence electrons. The molecule has 0 spiro atoms. The van der Waals surface area contributed by atoms with Crippen LogP contribution < -0.4 is 4.80 Å². The molecule has 3 rings (SSSR count). The van der Waals surface area contributed by atoms with E-state index >= 15 is 0 Å². The zero-order valence-electron chi connectivity index (χ0n) is 12.4. The first-order chi connectivity index (χ1) is 10.6. The molecule has 5 heteroatoms. The molecule has 0 atom stereocenters. The Kier molecular flexibility index (Phi) is 4.15. The second-order valence-corrected chi connectivity index (χ2v) is 6.03. The molecule has 0 aliphatic carbocycles. The van der Waals surface area contributed by atoms with E-state index in [-0.39, 0.29) is 11.9 Å². The van der Waals surface area contributed by atoms with Gasteiger partial charge in [-0.2, -0.15) is 0 Å². The van der Waals surface area contributed by atoms with Crippen LogP contribution >= 0.6 is 11.3 Å². The lowest BCUT2D eigenvalue weighted by molar-refractivity contribution is 0.590. The summed E-state index contributed by atoms with van der Waals surface area (Å²) in [4.78, 5) is 9.67. The van der Waals surface area contributed by atoms with E-state index < -0.39 is 0 Å². The van der Waals surface area contributed by atoms with Gasteiger partial charge in [-0.1, -0.05) is 0 Å². The van der Waals surface area contributed by atoms with E-state index in [1.165, 1.54) is 12.1 Å². The van der Waals surface area contributed by atoms with Gasteiger partial charge in [-0.05, 0) is 55.8 Å². The smallest absolute Gasteiger partial charge is 0.190 e. The van der Waals surface area contributed by atoms with Crippen LogP contribution in [0.1, 0.15) is 19.9 Å². The van der Waals surface area contributed by atoms with Gasteiger partial charge in [-0.25, -0.2) is 9.38 Å². The molecule has 0 fully saturated rings. The molecule has 2 heterocycles. The summed E-state index contributed by atoms with van der Waals surface area (Å²) in [5.74, 6) is -0.227. The first-order valence-corrected chi connectivity index (χ1v) is 7.94. The molecule has 0 aliphatic rings. The maximum Gasteiger partial charge on any atom is 0.190 e. The van der Waals surface area contributed by atoms with Crippen LogP contribution in [-0.2, 0) is 0 Å². The van der Waals surface area contributed by atoms with Crippen molar-refractivity contribution in [2.45, 2.75) is 19.9 Å². The average molecular weight is 313 g/mol. The number of hydrogen-bond acceptors (Lipinski definition) is 3. The Morgan fingerprint density at radius 1 is 1.18 bits per heavy atom. The van der Waals surface area contributed by atoms with Crippen LogP contribution in [0.15, 0.2) is 59.2 Å². The molecule has 0 N–H and O–H groups in total. The Morgan fingerprint density at radius 3 is 2.59 bits per heavy atom. The quantitative estimate of drug-likeness (QED) is 0.697. The number of pyridine rings is 1. The summed E-state index contributed by atoms with van der Waals surface area (Å²) in [6, 6.07) is 10.6. The highest BCUT2D eigenvalue weighted by Crippen LogP contribution is 2.24. The van der Waals surface area contributed by atoms with Gasteiger partial charge in [0, 0.05) is 17.6 Å². The van der Waals surface area contributed by atoms with Gasteiger partial charge in [0.2, 0.25) is 0 Å². The monoisotopic (exact) mass is 313 g/mol. The van der Waals surface area contributed by atoms with Crippen molar-refractivity contribution in [3.8, 4) is 11.3 Å². The van der Waals surface area contributed by atoms with E-state index in [1.807, 2.05) is 12.1 Å². The van der Waals surface area contributed by atoms with E-state index in [1.54, 1.807) is 35.9 Å². The summed E-state index contributed by atoms with van der Waals surface area (Å²) < 4.78 is 15.3. The third-order valence-corrected chi connectivity index (χ3v) is 4.11. The van der Waals surface area contributed by atoms with Crippen molar-refractivity contribution >= 4 is 17.0 Å². The lowest BCUT2D eigenvalue weighted by atomic mass is 10.1. The van der Waals surface area contributed by atoms with Crippen molar-refractivity contribution in [3.63, 3.8) is 0 Å². The van der Waals surface area contributed by atoms with E-state index in [0.29, 0.717) is 0 Å². The number of aromatic nitrogens is 2. The summed E-state index contributed by atoms with van der Waals surface area (Å²) >= 11 is 1.57. The fourth-order valence-corrected chi connectivity index (χ4v) is 3.31. The minimum absolute atomic E-state index is 0.227. The van der Waals surface area contributed by atoms with Crippen LogP contribution in [0.3, 0.4) is 0 Å². The molecule has 3 nitrogen and oxygen atoms in total. The molecular formula is C17H16FN3S. The number of thiazole rings is 1. The van der Waals surface area contributed by atoms with Crippen LogP contribution in [-0.4, -0.2) is 9.55 Å². The van der Waals surface area contributed by atoms with Gasteiger partial charge < -0.3 is 4.57 Å². The van der Waals surface area contributed by atoms with Gasteiger partial charge in [0.25, 0.3) is 0 Å². The zero-order chi connectivity index (χ0) is 15.5. The summed E-state index contributed by atoms with van der Waals surface area (Å²) in [7, 11) is 0. The summed E-state index contributed by atoms with van der Waals surface area (Å²) in [6.07, 6.45) is 3.47. The fourth-order valence-electron chi connectivity index (χ4n) is 2.26. The Labute approximate surface area is 132 Å². The molecule has 0 radical (unpaired) electrons. The third-order valence-electron chi connectivity index (χ3n) is 3.27. The molecule has 3 aromatic rings. The van der Waals surface area contributed by atoms with Gasteiger partial charge >= 0.3 is 0 Å². The highest BCUT2D eigenvalue weighted by atomic mass is 32.1. The molecule has 22 heavy (non-hydrogen) atoms. The van der Waals surface area contributed by atoms with Gasteiger partial charge in [0.05, 0.1) is 17.6 Å². The van der Waals surface area contributed by atoms with Gasteiger partial charge in [0.1, 0.15) is 5.82 Å². The van der Waals surface area contributed by atoms with Crippen LogP contribution in [0.5, 0.6) is 0 Å². The first kappa shape index (κ1) is 14.7. The van der Waals surface area contributed by atoms with Crippen LogP contribution in [0.4, 0.5) is 10.1 Å². The Hall–Kier alpha value is -2.27. The number of halogens is 1. The van der Waals surface area contributed by atoms with Crippen molar-refractivity contribution in [2.24, 2.45) is 4.99 Å². The Morgan fingerprint density at radius 2 is 1.95 bits per heavy atom. The third kappa shape index (κ3) is 2.99. The lowest BCUT2D eigenvalue weighted by Gasteiger charge is -2.12. The fraction of sp³-hybridized carbons (Fsp3) is 0.176. The highest BCUT2D eigenvalue weighted by molar-refractivity contribution is 7.07. The number of benzene rings is 1. The second-order valence-electron chi connectivity index (χ2n) is 5.20. The second kappa shape index (κ2) is 6.23. The van der Waals surface area contributed by atoms with Crippen LogP contribution in [0, 0.1) is 5.82 Å². The first-order valence-electron chi connectivity index (χ1n) is 7.06. The minimum Gasteiger partial charge on any atom is -0.314 e. The van der Waals surface area contributed by atoms with Crippen molar-refractivity contribution < 1.29 is 4.39 Å². The predicted octanol–water partition coefficient (Wildman–Crippen LogP) is 4.56. The molecule has 2 aromatic heterocycles. The van der Waals surface area contributed by atoms with Crippen LogP contribution in [0.25, 0.3) is 11.3 Å². The van der Waals surface area contributed by atoms with E-state index in [2.05, 4.69) is 33.8 Å². The maximum absolute atomic E-state index is 13.1. The molecule has 0 aliphatic heterocycles. The van der Waals surface area contributed by atoms with Gasteiger partial charge in [-0.3, -0.25) is 4.98 Å². The summed E-state index contributed by atoms with van der Waals surface area (Å²) in [6.45, 7) is 4.23. The summed E-state index contributed by atoms with van der Waals surface area (Å²) in [5, 5.41) is 2.06. The Bertz CT molecular complexity index is 817. The standard InChI is InChI=1S/C17H16FN3S/c1-12(2)21-16(13-5-7-14(18)8-6-13)11-22-17(21)20-15-4-3-9-19-10-15/h3-12H,1-2H3. The number of hydrogen-bond donors (Lipinski definition) is 0. The number of nitrogens with zero attached hydrogens (tertiary/aromatic N) is 3. The number of rotatable bonds is 3. The topological polar surface area (TPSA) is 30.2 Å². The average Bonchev–Trinajstić information content (AvgIpc) is 2.93. The van der Waals surface area contributed by atoms with E-state index in [0.717, 1.165) is 21.7 Å². The van der Waals surface area contributed by atoms with Gasteiger partial charge in [-0.15, -0.1) is 11.3 Å². The highest BCUT2D eigenvalue weighted by Gasteiger charge is 2.11. The molecule has 0 bridgehead atoms. The molecule has 0 unspecified atom stereocenters. The van der Waals surface area contributed by atoms with Crippen molar-refractivity contribution in [1.29, 1.82) is 0 Å². The Balaban J connectivity index is 2.14. The maximum atomic E-state index is 13.1. The molecule has 0 saturated heterocycles. The molecule has 0 saturated carbocycles. The zero-order valence-corrected chi connectivity index (χ0v) is 13.2. The SMILES string of the molecule is CC(C)n1c(-c2ccc(F)cc2)csc1=Nc1cccnc1. The van der Waals surface area contributed by atoms with Crippen LogP contribution in [0.2, 0.25) is 0 Å². The van der Waals surface area contributed by atoms with E-state index in [4.69, 9.17) is 0 Å². The molecule has 1 aromatic carbocycles. The predicted molar refractivity (Wildman–Crippen MR) is 87.5 cm³/mol. The normalized spacial score (nSPS) is 12.1. The van der Waals surface area contributed by atoms with E-state index in [9.17, 15) is 4.39 Å².